The Bertz CT molecular complexity index is 370. The fraction of sp³-hybridized carbons (Fsp3) is 0.364. The Balaban J connectivity index is 2.93. The molecule has 3 nitrogen and oxygen atoms in total. The van der Waals surface area contributed by atoms with Crippen molar-refractivity contribution in [1.82, 2.24) is 0 Å². The molecule has 0 fully saturated rings. The van der Waals surface area contributed by atoms with Gasteiger partial charge in [-0.1, -0.05) is 24.6 Å². The summed E-state index contributed by atoms with van der Waals surface area (Å²) in [6.45, 7) is 3.66. The number of aryl methyl sites for hydroxylation is 1. The smallest absolute Gasteiger partial charge is 0.319 e. The fourth-order valence-electron chi connectivity index (χ4n) is 1.25. The molecule has 1 rings (SSSR count). The molecule has 1 aromatic rings. The van der Waals surface area contributed by atoms with Crippen molar-refractivity contribution in [2.45, 2.75) is 30.4 Å². The van der Waals surface area contributed by atoms with Gasteiger partial charge in [-0.2, -0.15) is 0 Å². The molecule has 4 heteroatoms. The van der Waals surface area contributed by atoms with Crippen LogP contribution >= 0.6 is 0 Å². The van der Waals surface area contributed by atoms with E-state index in [2.05, 4.69) is 0 Å². The van der Waals surface area contributed by atoms with Crippen LogP contribution in [-0.2, 0) is 15.6 Å². The Morgan fingerprint density at radius 2 is 1.93 bits per heavy atom. The molecule has 0 heterocycles. The molecule has 82 valence electrons. The van der Waals surface area contributed by atoms with E-state index in [9.17, 15) is 9.00 Å². The lowest BCUT2D eigenvalue weighted by atomic mass is 10.2. The molecule has 0 amide bonds. The third kappa shape index (κ3) is 2.89. The van der Waals surface area contributed by atoms with Crippen LogP contribution in [0.5, 0.6) is 0 Å². The summed E-state index contributed by atoms with van der Waals surface area (Å²) < 4.78 is 11.9. The first-order chi connectivity index (χ1) is 7.06. The van der Waals surface area contributed by atoms with Crippen molar-refractivity contribution in [2.24, 2.45) is 0 Å². The lowest BCUT2D eigenvalue weighted by molar-refractivity contribution is -0.136. The van der Waals surface area contributed by atoms with Gasteiger partial charge in [0, 0.05) is 4.90 Å². The average molecular weight is 226 g/mol. The number of benzene rings is 1. The molecule has 0 aliphatic heterocycles. The summed E-state index contributed by atoms with van der Waals surface area (Å²) in [6, 6.07) is 7.11. The zero-order valence-electron chi connectivity index (χ0n) is 8.77. The molecule has 0 bridgehead atoms. The standard InChI is InChI=1S/C11H14O3S/c1-3-10(11(12)13)15(14)9-6-4-8(2)5-7-9/h4-7,10H,3H2,1-2H3,(H,12,13). The molecule has 0 aromatic heterocycles. The first kappa shape index (κ1) is 11.9. The Kier molecular flexibility index (Phi) is 4.03. The first-order valence-corrected chi connectivity index (χ1v) is 5.97. The second kappa shape index (κ2) is 5.07. The third-order valence-corrected chi connectivity index (χ3v) is 3.95. The topological polar surface area (TPSA) is 54.4 Å². The van der Waals surface area contributed by atoms with Crippen molar-refractivity contribution in [3.63, 3.8) is 0 Å². The van der Waals surface area contributed by atoms with E-state index in [4.69, 9.17) is 5.11 Å². The number of hydrogen-bond acceptors (Lipinski definition) is 2. The van der Waals surface area contributed by atoms with Gasteiger partial charge in [-0.3, -0.25) is 9.00 Å². The first-order valence-electron chi connectivity index (χ1n) is 4.76. The van der Waals surface area contributed by atoms with Gasteiger partial charge in [-0.25, -0.2) is 0 Å². The Hall–Kier alpha value is -1.16. The van der Waals surface area contributed by atoms with E-state index in [1.807, 2.05) is 19.1 Å². The highest BCUT2D eigenvalue weighted by Gasteiger charge is 2.23. The van der Waals surface area contributed by atoms with Crippen LogP contribution in [-0.4, -0.2) is 20.5 Å². The zero-order chi connectivity index (χ0) is 11.4. The Morgan fingerprint density at radius 3 is 2.33 bits per heavy atom. The molecule has 0 aliphatic rings. The minimum absolute atomic E-state index is 0.371. The molecule has 2 unspecified atom stereocenters. The van der Waals surface area contributed by atoms with Gasteiger partial charge in [0.25, 0.3) is 0 Å². The largest absolute Gasteiger partial charge is 0.480 e. The van der Waals surface area contributed by atoms with Crippen LogP contribution in [0.2, 0.25) is 0 Å². The van der Waals surface area contributed by atoms with Crippen LogP contribution in [0.1, 0.15) is 18.9 Å². The highest BCUT2D eigenvalue weighted by Crippen LogP contribution is 2.14. The lowest BCUT2D eigenvalue weighted by Gasteiger charge is -2.09. The average Bonchev–Trinajstić information content (AvgIpc) is 2.19. The second-order valence-electron chi connectivity index (χ2n) is 3.35. The SMILES string of the molecule is CCC(C(=O)O)S(=O)c1ccc(C)cc1. The number of rotatable bonds is 4. The fourth-order valence-corrected chi connectivity index (χ4v) is 2.47. The summed E-state index contributed by atoms with van der Waals surface area (Å²) >= 11 is 0. The maximum atomic E-state index is 11.9. The minimum atomic E-state index is -1.46. The normalized spacial score (nSPS) is 14.5. The maximum absolute atomic E-state index is 11.9. The van der Waals surface area contributed by atoms with Crippen LogP contribution in [0.3, 0.4) is 0 Å². The molecule has 2 atom stereocenters. The number of aliphatic carboxylic acids is 1. The molecule has 0 aliphatic carbocycles. The molecule has 1 aromatic carbocycles. The monoisotopic (exact) mass is 226 g/mol. The highest BCUT2D eigenvalue weighted by molar-refractivity contribution is 7.86. The van der Waals surface area contributed by atoms with Crippen molar-refractivity contribution in [2.75, 3.05) is 0 Å². The highest BCUT2D eigenvalue weighted by atomic mass is 32.2. The van der Waals surface area contributed by atoms with E-state index in [-0.39, 0.29) is 0 Å². The molecule has 0 saturated carbocycles. The van der Waals surface area contributed by atoms with Crippen molar-refractivity contribution < 1.29 is 14.1 Å². The van der Waals surface area contributed by atoms with E-state index in [0.29, 0.717) is 11.3 Å². The zero-order valence-corrected chi connectivity index (χ0v) is 9.58. The predicted molar refractivity (Wildman–Crippen MR) is 59.3 cm³/mol. The summed E-state index contributed by atoms with van der Waals surface area (Å²) in [6.07, 6.45) is 0.371. The van der Waals surface area contributed by atoms with Crippen molar-refractivity contribution in [1.29, 1.82) is 0 Å². The minimum Gasteiger partial charge on any atom is -0.480 e. The van der Waals surface area contributed by atoms with Gasteiger partial charge in [0.05, 0.1) is 10.8 Å². The molecule has 15 heavy (non-hydrogen) atoms. The summed E-state index contributed by atoms with van der Waals surface area (Å²) in [4.78, 5) is 11.4. The summed E-state index contributed by atoms with van der Waals surface area (Å²) in [7, 11) is -1.46. The molecular weight excluding hydrogens is 212 g/mol. The van der Waals surface area contributed by atoms with Crippen LogP contribution < -0.4 is 0 Å². The molecule has 0 saturated heterocycles. The van der Waals surface area contributed by atoms with Gasteiger partial charge in [0.1, 0.15) is 5.25 Å². The number of hydrogen-bond donors (Lipinski definition) is 1. The number of carbonyl (C=O) groups is 1. The van der Waals surface area contributed by atoms with E-state index >= 15 is 0 Å². The van der Waals surface area contributed by atoms with Gasteiger partial charge < -0.3 is 5.11 Å². The number of carboxylic acid groups (broad SMARTS) is 1. The van der Waals surface area contributed by atoms with E-state index < -0.39 is 22.0 Å². The Morgan fingerprint density at radius 1 is 1.40 bits per heavy atom. The van der Waals surface area contributed by atoms with Crippen LogP contribution in [0, 0.1) is 6.92 Å². The summed E-state index contributed by atoms with van der Waals surface area (Å²) in [5.41, 5.74) is 1.07. The van der Waals surface area contributed by atoms with Gasteiger partial charge >= 0.3 is 5.97 Å². The van der Waals surface area contributed by atoms with E-state index in [1.54, 1.807) is 19.1 Å². The Labute approximate surface area is 91.6 Å². The lowest BCUT2D eigenvalue weighted by Crippen LogP contribution is -2.24. The van der Waals surface area contributed by atoms with Crippen LogP contribution in [0.4, 0.5) is 0 Å². The molecule has 1 N–H and O–H groups in total. The van der Waals surface area contributed by atoms with Crippen molar-refractivity contribution in [3.05, 3.63) is 29.8 Å². The predicted octanol–water partition coefficient (Wildman–Crippen LogP) is 1.97. The summed E-state index contributed by atoms with van der Waals surface area (Å²) in [5.74, 6) is -1.00. The molecular formula is C11H14O3S. The van der Waals surface area contributed by atoms with Crippen LogP contribution in [0.25, 0.3) is 0 Å². The van der Waals surface area contributed by atoms with Gasteiger partial charge in [-0.15, -0.1) is 0 Å². The maximum Gasteiger partial charge on any atom is 0.319 e. The molecule has 0 spiro atoms. The quantitative estimate of drug-likeness (QED) is 0.854. The van der Waals surface area contributed by atoms with Gasteiger partial charge in [0.2, 0.25) is 0 Å². The van der Waals surface area contributed by atoms with Crippen molar-refractivity contribution >= 4 is 16.8 Å². The van der Waals surface area contributed by atoms with Gasteiger partial charge in [0.15, 0.2) is 0 Å². The molecule has 0 radical (unpaired) electrons. The third-order valence-electron chi connectivity index (χ3n) is 2.16. The number of carboxylic acids is 1. The van der Waals surface area contributed by atoms with E-state index in [1.165, 1.54) is 0 Å². The van der Waals surface area contributed by atoms with E-state index in [0.717, 1.165) is 5.56 Å². The van der Waals surface area contributed by atoms with Crippen LogP contribution in [0.15, 0.2) is 29.2 Å². The second-order valence-corrected chi connectivity index (χ2v) is 4.98. The van der Waals surface area contributed by atoms with Gasteiger partial charge in [-0.05, 0) is 25.5 Å². The summed E-state index contributed by atoms with van der Waals surface area (Å²) in [5, 5.41) is 8.05. The van der Waals surface area contributed by atoms with Crippen molar-refractivity contribution in [3.8, 4) is 0 Å².